The molecule has 280 valence electrons. The number of ketones is 2. The largest absolute Gasteiger partial charge is 0.458 e. The summed E-state index contributed by atoms with van der Waals surface area (Å²) in [5, 5.41) is 2.93. The van der Waals surface area contributed by atoms with E-state index < -0.39 is 51.0 Å². The smallest absolute Gasteiger partial charge is 0.309 e. The minimum atomic E-state index is -2.25. The van der Waals surface area contributed by atoms with Gasteiger partial charge in [-0.2, -0.15) is 0 Å². The second kappa shape index (κ2) is 19.7. The highest BCUT2D eigenvalue weighted by molar-refractivity contribution is 9.10. The molecule has 1 aliphatic heterocycles. The maximum atomic E-state index is 14.9. The predicted molar refractivity (Wildman–Crippen MR) is 212 cm³/mol. The molecule has 1 fully saturated rings. The standard InChI is InChI=1S/C38H66BrNO6SSi2/c1-13-48(14-2,15-3)45-34-24-35(42)44-33(27(8)22-30-25-47-29(10)40-30)23-31(39)32(41)21-19-20-26(7)36(28(9)37(43)38(34,11)12)46-49(16-4,17-5)18-6/h22,25-26,28,31,33-34,36H,13-21,23-24H2,1-12H3/t26-,28+,31+,33-,34+,36-/m1/s1. The van der Waals surface area contributed by atoms with Crippen LogP contribution in [-0.4, -0.2) is 62.3 Å². The molecule has 0 radical (unpaired) electrons. The summed E-state index contributed by atoms with van der Waals surface area (Å²) in [6.45, 7) is 25.1. The van der Waals surface area contributed by atoms with Crippen molar-refractivity contribution in [3.8, 4) is 0 Å². The average molecular weight is 801 g/mol. The topological polar surface area (TPSA) is 91.8 Å². The lowest BCUT2D eigenvalue weighted by atomic mass is 9.73. The number of halogens is 1. The third-order valence-electron chi connectivity index (χ3n) is 11.6. The monoisotopic (exact) mass is 799 g/mol. The second-order valence-corrected chi connectivity index (χ2v) is 26.6. The van der Waals surface area contributed by atoms with E-state index in [0.29, 0.717) is 19.3 Å². The molecule has 7 nitrogen and oxygen atoms in total. The quantitative estimate of drug-likeness (QED) is 0.118. The second-order valence-electron chi connectivity index (χ2n) is 15.0. The van der Waals surface area contributed by atoms with Gasteiger partial charge in [-0.05, 0) is 80.5 Å². The zero-order chi connectivity index (χ0) is 37.2. The predicted octanol–water partition coefficient (Wildman–Crippen LogP) is 10.7. The van der Waals surface area contributed by atoms with Crippen LogP contribution in [0.25, 0.3) is 6.08 Å². The van der Waals surface area contributed by atoms with Crippen molar-refractivity contribution in [3.05, 3.63) is 21.7 Å². The molecule has 0 aliphatic carbocycles. The van der Waals surface area contributed by atoms with E-state index in [1.165, 1.54) is 0 Å². The summed E-state index contributed by atoms with van der Waals surface area (Å²) in [4.78, 5) is 46.5. The summed E-state index contributed by atoms with van der Waals surface area (Å²) in [5.41, 5.74) is 0.664. The van der Waals surface area contributed by atoms with Crippen molar-refractivity contribution in [2.24, 2.45) is 17.3 Å². The molecule has 1 saturated heterocycles. The number of ether oxygens (including phenoxy) is 1. The summed E-state index contributed by atoms with van der Waals surface area (Å²) >= 11 is 5.23. The number of carbonyl (C=O) groups excluding carboxylic acids is 3. The number of cyclic esters (lactones) is 1. The molecule has 1 aromatic rings. The molecule has 0 amide bonds. The highest BCUT2D eigenvalue weighted by Gasteiger charge is 2.48. The Morgan fingerprint density at radius 1 is 1.00 bits per heavy atom. The van der Waals surface area contributed by atoms with E-state index in [1.807, 2.05) is 46.1 Å². The van der Waals surface area contributed by atoms with Gasteiger partial charge in [0, 0.05) is 29.6 Å². The van der Waals surface area contributed by atoms with Crippen molar-refractivity contribution in [2.75, 3.05) is 0 Å². The Balaban J connectivity index is 2.67. The molecule has 0 aromatic carbocycles. The summed E-state index contributed by atoms with van der Waals surface area (Å²) < 4.78 is 20.5. The molecule has 0 unspecified atom stereocenters. The van der Waals surface area contributed by atoms with Crippen LogP contribution >= 0.6 is 27.3 Å². The van der Waals surface area contributed by atoms with Crippen molar-refractivity contribution in [3.63, 3.8) is 0 Å². The lowest BCUT2D eigenvalue weighted by molar-refractivity contribution is -0.154. The number of carbonyl (C=O) groups is 3. The first kappa shape index (κ1) is 44.2. The fraction of sp³-hybridized carbons (Fsp3) is 0.789. The van der Waals surface area contributed by atoms with Gasteiger partial charge in [0.2, 0.25) is 0 Å². The number of alkyl halides is 1. The van der Waals surface area contributed by atoms with Gasteiger partial charge in [-0.15, -0.1) is 11.3 Å². The summed E-state index contributed by atoms with van der Waals surface area (Å²) in [6, 6.07) is 5.67. The molecule has 6 atom stereocenters. The SMILES string of the molecule is CC[Si](CC)(CC)O[C@@H]1[C@H](C)CCCC(=O)[C@@H](Br)C[C@H](C(C)=Cc2csc(C)n2)OC(=O)C[C@H](O[Si](CC)(CC)CC)C(C)(C)C(=O)[C@H]1C. The van der Waals surface area contributed by atoms with Crippen LogP contribution in [0.2, 0.25) is 36.3 Å². The van der Waals surface area contributed by atoms with E-state index in [1.54, 1.807) is 11.3 Å². The first-order chi connectivity index (χ1) is 23.0. The number of rotatable bonds is 12. The first-order valence-electron chi connectivity index (χ1n) is 18.8. The van der Waals surface area contributed by atoms with Gasteiger partial charge in [-0.3, -0.25) is 14.4 Å². The van der Waals surface area contributed by atoms with Crippen LogP contribution < -0.4 is 0 Å². The van der Waals surface area contributed by atoms with Crippen molar-refractivity contribution in [1.29, 1.82) is 0 Å². The number of Topliss-reactive ketones (excluding diaryl/α,β-unsaturated/α-hetero) is 2. The number of aryl methyl sites for hydroxylation is 1. The fourth-order valence-electron chi connectivity index (χ4n) is 7.34. The molecule has 1 aromatic heterocycles. The van der Waals surface area contributed by atoms with Crippen LogP contribution in [0.5, 0.6) is 0 Å². The molecular weight excluding hydrogens is 735 g/mol. The van der Waals surface area contributed by atoms with Gasteiger partial charge in [0.25, 0.3) is 0 Å². The molecule has 11 heteroatoms. The van der Waals surface area contributed by atoms with E-state index >= 15 is 0 Å². The van der Waals surface area contributed by atoms with Crippen LogP contribution in [0.1, 0.15) is 119 Å². The van der Waals surface area contributed by atoms with Gasteiger partial charge in [0.15, 0.2) is 16.6 Å². The highest BCUT2D eigenvalue weighted by atomic mass is 79.9. The van der Waals surface area contributed by atoms with E-state index in [4.69, 9.17) is 13.6 Å². The molecule has 0 bridgehead atoms. The summed E-state index contributed by atoms with van der Waals surface area (Å²) in [5.74, 6) is -0.594. The van der Waals surface area contributed by atoms with Crippen molar-refractivity contribution >= 4 is 67.5 Å². The molecule has 1 aliphatic rings. The molecule has 2 rings (SSSR count). The molecule has 49 heavy (non-hydrogen) atoms. The zero-order valence-corrected chi connectivity index (χ0v) is 37.0. The zero-order valence-electron chi connectivity index (χ0n) is 32.6. The first-order valence-corrected chi connectivity index (χ1v) is 25.7. The molecule has 0 saturated carbocycles. The Labute approximate surface area is 312 Å². The fourth-order valence-corrected chi connectivity index (χ4v) is 14.5. The average Bonchev–Trinajstić information content (AvgIpc) is 3.49. The van der Waals surface area contributed by atoms with E-state index in [2.05, 4.69) is 69.4 Å². The van der Waals surface area contributed by atoms with Gasteiger partial charge in [-0.25, -0.2) is 4.98 Å². The summed E-state index contributed by atoms with van der Waals surface area (Å²) in [6.07, 6.45) is 2.54. The van der Waals surface area contributed by atoms with Crippen molar-refractivity contribution in [2.45, 2.75) is 175 Å². The van der Waals surface area contributed by atoms with Crippen LogP contribution in [0.15, 0.2) is 11.0 Å². The lowest BCUT2D eigenvalue weighted by Gasteiger charge is -2.44. The molecular formula is C38H66BrNO6SSi2. The van der Waals surface area contributed by atoms with Gasteiger partial charge >= 0.3 is 5.97 Å². The number of esters is 1. The van der Waals surface area contributed by atoms with Crippen molar-refractivity contribution < 1.29 is 28.0 Å². The minimum Gasteiger partial charge on any atom is -0.458 e. The molecule has 0 N–H and O–H groups in total. The number of thiazole rings is 1. The minimum absolute atomic E-state index is 0.0423. The Morgan fingerprint density at radius 2 is 1.55 bits per heavy atom. The normalized spacial score (nSPS) is 27.3. The number of hydrogen-bond donors (Lipinski definition) is 0. The molecule has 2 heterocycles. The Morgan fingerprint density at radius 3 is 2.06 bits per heavy atom. The van der Waals surface area contributed by atoms with Gasteiger partial charge < -0.3 is 13.6 Å². The number of aromatic nitrogens is 1. The van der Waals surface area contributed by atoms with Gasteiger partial charge in [0.05, 0.1) is 34.2 Å². The van der Waals surface area contributed by atoms with Crippen LogP contribution in [-0.2, 0) is 28.0 Å². The van der Waals surface area contributed by atoms with Crippen molar-refractivity contribution in [1.82, 2.24) is 4.98 Å². The lowest BCUT2D eigenvalue weighted by Crippen LogP contribution is -2.53. The van der Waals surface area contributed by atoms with Crippen LogP contribution in [0.4, 0.5) is 0 Å². The van der Waals surface area contributed by atoms with Crippen LogP contribution in [0.3, 0.4) is 0 Å². The number of nitrogens with zero attached hydrogens (tertiary/aromatic N) is 1. The summed E-state index contributed by atoms with van der Waals surface area (Å²) in [7, 11) is -4.32. The van der Waals surface area contributed by atoms with E-state index in [9.17, 15) is 14.4 Å². The highest BCUT2D eigenvalue weighted by Crippen LogP contribution is 2.40. The van der Waals surface area contributed by atoms with E-state index in [0.717, 1.165) is 59.0 Å². The Bertz CT molecular complexity index is 1240. The van der Waals surface area contributed by atoms with E-state index in [-0.39, 0.29) is 30.0 Å². The van der Waals surface area contributed by atoms with Crippen LogP contribution in [0, 0.1) is 24.2 Å². The maximum absolute atomic E-state index is 14.9. The van der Waals surface area contributed by atoms with Gasteiger partial charge in [0.1, 0.15) is 17.7 Å². The van der Waals surface area contributed by atoms with Gasteiger partial charge in [-0.1, -0.05) is 85.2 Å². The Kier molecular flexibility index (Phi) is 17.8. The maximum Gasteiger partial charge on any atom is 0.309 e. The Hall–Kier alpha value is -0.986. The number of hydrogen-bond acceptors (Lipinski definition) is 8. The molecule has 0 spiro atoms. The third kappa shape index (κ3) is 11.8. The third-order valence-corrected chi connectivity index (χ3v) is 22.5.